The van der Waals surface area contributed by atoms with Crippen LogP contribution in [-0.4, -0.2) is 62.2 Å². The fourth-order valence-electron chi connectivity index (χ4n) is 4.34. The lowest BCUT2D eigenvalue weighted by molar-refractivity contribution is -0.133. The first kappa shape index (κ1) is 23.9. The van der Waals surface area contributed by atoms with Crippen molar-refractivity contribution >= 4 is 21.8 Å². The Morgan fingerprint density at radius 3 is 2.53 bits per heavy atom. The Labute approximate surface area is 201 Å². The molecule has 34 heavy (non-hydrogen) atoms. The Morgan fingerprint density at radius 2 is 1.82 bits per heavy atom. The fraction of sp³-hybridized carbons (Fsp3) is 0.400. The molecule has 2 heterocycles. The zero-order valence-corrected chi connectivity index (χ0v) is 20.3. The van der Waals surface area contributed by atoms with E-state index in [0.717, 1.165) is 31.6 Å². The first-order valence-corrected chi connectivity index (χ1v) is 13.0. The minimum absolute atomic E-state index is 0.0775. The Morgan fingerprint density at radius 1 is 1.09 bits per heavy atom. The Balaban J connectivity index is 1.46. The molecule has 4 rings (SSSR count). The van der Waals surface area contributed by atoms with Crippen molar-refractivity contribution in [3.05, 3.63) is 65.2 Å². The highest BCUT2D eigenvalue weighted by atomic mass is 32.2. The van der Waals surface area contributed by atoms with Crippen LogP contribution in [0.25, 0.3) is 0 Å². The third kappa shape index (κ3) is 5.13. The molecular formula is C25H29N5O3S. The zero-order chi connectivity index (χ0) is 24.3. The minimum atomic E-state index is -3.65. The number of hydrogen-bond acceptors (Lipinski definition) is 6. The van der Waals surface area contributed by atoms with Gasteiger partial charge in [-0.15, -0.1) is 0 Å². The van der Waals surface area contributed by atoms with Crippen molar-refractivity contribution in [1.29, 1.82) is 5.26 Å². The number of amidine groups is 1. The van der Waals surface area contributed by atoms with Gasteiger partial charge in [-0.25, -0.2) is 8.42 Å². The maximum Gasteiger partial charge on any atom is 0.263 e. The van der Waals surface area contributed by atoms with Gasteiger partial charge in [0.25, 0.3) is 10.0 Å². The van der Waals surface area contributed by atoms with Crippen molar-refractivity contribution in [2.75, 3.05) is 26.2 Å². The van der Waals surface area contributed by atoms with E-state index < -0.39 is 16.1 Å². The number of nitriles is 1. The van der Waals surface area contributed by atoms with Crippen LogP contribution in [0.3, 0.4) is 0 Å². The molecule has 178 valence electrons. The maximum atomic E-state index is 13.5. The molecule has 9 heteroatoms. The standard InChI is InChI=1S/C25H29N5O3S/c1-18(2)23(27-24-21-6-3-4-7-22(21)34(32,33)28-24)25(31)30-13-5-12-29(14-15-30)17-20-10-8-19(16-26)9-11-20/h3-4,6-11,18,23H,5,12-15,17H2,1-2H3,(H,27,28)/t23-/m0/s1. The number of carbonyl (C=O) groups excluding carboxylic acids is 1. The SMILES string of the molecule is CC(C)[C@H](N=C1NS(=O)(=O)c2ccccc21)C(=O)N1CCCN(Cc2ccc(C#N)cc2)CC1. The van der Waals surface area contributed by atoms with Gasteiger partial charge >= 0.3 is 0 Å². The molecule has 1 atom stereocenters. The van der Waals surface area contributed by atoms with Crippen LogP contribution in [0, 0.1) is 17.2 Å². The van der Waals surface area contributed by atoms with Crippen molar-refractivity contribution in [3.63, 3.8) is 0 Å². The van der Waals surface area contributed by atoms with Crippen molar-refractivity contribution in [2.45, 2.75) is 37.8 Å². The first-order chi connectivity index (χ1) is 16.3. The predicted octanol–water partition coefficient (Wildman–Crippen LogP) is 2.36. The number of benzene rings is 2. The van der Waals surface area contributed by atoms with E-state index in [1.165, 1.54) is 0 Å². The molecule has 0 bridgehead atoms. The van der Waals surface area contributed by atoms with Crippen LogP contribution in [0.2, 0.25) is 0 Å². The molecule has 2 aromatic carbocycles. The first-order valence-electron chi connectivity index (χ1n) is 11.5. The summed E-state index contributed by atoms with van der Waals surface area (Å²) in [6, 6.07) is 15.7. The second-order valence-corrected chi connectivity index (χ2v) is 10.7. The summed E-state index contributed by atoms with van der Waals surface area (Å²) in [6.45, 7) is 7.46. The molecule has 0 saturated carbocycles. The van der Waals surface area contributed by atoms with Crippen LogP contribution in [0.15, 0.2) is 58.4 Å². The van der Waals surface area contributed by atoms with Crippen LogP contribution >= 0.6 is 0 Å². The smallest absolute Gasteiger partial charge is 0.263 e. The van der Waals surface area contributed by atoms with Gasteiger partial charge in [0.2, 0.25) is 5.91 Å². The normalized spacial score (nSPS) is 19.8. The summed E-state index contributed by atoms with van der Waals surface area (Å²) in [4.78, 5) is 22.5. The number of nitrogens with one attached hydrogen (secondary N) is 1. The van der Waals surface area contributed by atoms with Gasteiger partial charge in [0, 0.05) is 38.3 Å². The average Bonchev–Trinajstić information content (AvgIpc) is 2.95. The molecule has 0 unspecified atom stereocenters. The van der Waals surface area contributed by atoms with Crippen LogP contribution in [0.4, 0.5) is 0 Å². The summed E-state index contributed by atoms with van der Waals surface area (Å²) < 4.78 is 27.4. The van der Waals surface area contributed by atoms with Crippen molar-refractivity contribution in [1.82, 2.24) is 14.5 Å². The van der Waals surface area contributed by atoms with E-state index in [0.29, 0.717) is 24.2 Å². The molecule has 0 spiro atoms. The van der Waals surface area contributed by atoms with Gasteiger partial charge in [-0.05, 0) is 42.2 Å². The minimum Gasteiger partial charge on any atom is -0.340 e. The highest BCUT2D eigenvalue weighted by molar-refractivity contribution is 7.90. The van der Waals surface area contributed by atoms with Crippen molar-refractivity contribution in [2.24, 2.45) is 10.9 Å². The van der Waals surface area contributed by atoms with Crippen molar-refractivity contribution in [3.8, 4) is 6.07 Å². The second-order valence-electron chi connectivity index (χ2n) is 9.03. The number of sulfonamides is 1. The third-order valence-corrected chi connectivity index (χ3v) is 7.60. The van der Waals surface area contributed by atoms with E-state index in [1.54, 1.807) is 24.3 Å². The van der Waals surface area contributed by atoms with E-state index in [2.05, 4.69) is 20.7 Å². The third-order valence-electron chi connectivity index (χ3n) is 6.20. The summed E-state index contributed by atoms with van der Waals surface area (Å²) >= 11 is 0. The summed E-state index contributed by atoms with van der Waals surface area (Å²) in [6.07, 6.45) is 0.846. The molecular weight excluding hydrogens is 450 g/mol. The number of aliphatic imine (C=N–C) groups is 1. The lowest BCUT2D eigenvalue weighted by atomic mass is 10.0. The number of nitrogens with zero attached hydrogens (tertiary/aromatic N) is 4. The topological polar surface area (TPSA) is 106 Å². The molecule has 0 aromatic heterocycles. The van der Waals surface area contributed by atoms with Gasteiger partial charge in [-0.1, -0.05) is 38.1 Å². The molecule has 1 amide bonds. The largest absolute Gasteiger partial charge is 0.340 e. The zero-order valence-electron chi connectivity index (χ0n) is 19.4. The molecule has 1 fully saturated rings. The lowest BCUT2D eigenvalue weighted by Crippen LogP contribution is -2.43. The maximum absolute atomic E-state index is 13.5. The second kappa shape index (κ2) is 9.95. The number of amides is 1. The van der Waals surface area contributed by atoms with Crippen LogP contribution in [0.5, 0.6) is 0 Å². The quantitative estimate of drug-likeness (QED) is 0.709. The Hall–Kier alpha value is -3.22. The predicted molar refractivity (Wildman–Crippen MR) is 130 cm³/mol. The summed E-state index contributed by atoms with van der Waals surface area (Å²) in [5.41, 5.74) is 2.28. The van der Waals surface area contributed by atoms with Crippen LogP contribution < -0.4 is 4.72 Å². The van der Waals surface area contributed by atoms with E-state index in [4.69, 9.17) is 5.26 Å². The molecule has 8 nitrogen and oxygen atoms in total. The van der Waals surface area contributed by atoms with Gasteiger partial charge in [0.1, 0.15) is 11.9 Å². The number of rotatable bonds is 5. The van der Waals surface area contributed by atoms with E-state index in [9.17, 15) is 13.2 Å². The number of hydrogen-bond donors (Lipinski definition) is 1. The number of carbonyl (C=O) groups is 1. The fourth-order valence-corrected chi connectivity index (χ4v) is 5.58. The van der Waals surface area contributed by atoms with Gasteiger partial charge in [-0.2, -0.15) is 5.26 Å². The highest BCUT2D eigenvalue weighted by Gasteiger charge is 2.34. The number of fused-ring (bicyclic) bond motifs is 1. The van der Waals surface area contributed by atoms with E-state index >= 15 is 0 Å². The molecule has 2 aliphatic rings. The summed E-state index contributed by atoms with van der Waals surface area (Å²) in [7, 11) is -3.65. The van der Waals surface area contributed by atoms with Gasteiger partial charge in [0.15, 0.2) is 0 Å². The Bertz CT molecular complexity index is 1230. The summed E-state index contributed by atoms with van der Waals surface area (Å²) in [5.74, 6) is 0.0708. The molecule has 1 N–H and O–H groups in total. The van der Waals surface area contributed by atoms with E-state index in [1.807, 2.05) is 43.0 Å². The molecule has 2 aliphatic heterocycles. The molecule has 1 saturated heterocycles. The van der Waals surface area contributed by atoms with Crippen molar-refractivity contribution < 1.29 is 13.2 Å². The summed E-state index contributed by atoms with van der Waals surface area (Å²) in [5, 5.41) is 8.97. The van der Waals surface area contributed by atoms with Crippen LogP contribution in [0.1, 0.15) is 37.0 Å². The van der Waals surface area contributed by atoms with E-state index in [-0.39, 0.29) is 22.6 Å². The Kier molecular flexibility index (Phi) is 7.00. The molecule has 0 aliphatic carbocycles. The van der Waals surface area contributed by atoms with Gasteiger partial charge in [0.05, 0.1) is 16.5 Å². The van der Waals surface area contributed by atoms with Gasteiger partial charge in [-0.3, -0.25) is 19.4 Å². The monoisotopic (exact) mass is 479 g/mol. The lowest BCUT2D eigenvalue weighted by Gasteiger charge is -2.26. The van der Waals surface area contributed by atoms with Crippen LogP contribution in [-0.2, 0) is 21.4 Å². The average molecular weight is 480 g/mol. The highest BCUT2D eigenvalue weighted by Crippen LogP contribution is 2.24. The molecule has 0 radical (unpaired) electrons. The van der Waals surface area contributed by atoms with Gasteiger partial charge < -0.3 is 4.90 Å². The molecule has 2 aromatic rings.